The van der Waals surface area contributed by atoms with E-state index < -0.39 is 0 Å². The summed E-state index contributed by atoms with van der Waals surface area (Å²) in [5.74, 6) is 1.40. The van der Waals surface area contributed by atoms with Crippen molar-refractivity contribution in [2.45, 2.75) is 19.4 Å². The molecule has 1 aliphatic rings. The zero-order valence-electron chi connectivity index (χ0n) is 15.6. The van der Waals surface area contributed by atoms with Gasteiger partial charge in [-0.3, -0.25) is 4.79 Å². The van der Waals surface area contributed by atoms with Gasteiger partial charge in [-0.15, -0.1) is 0 Å². The molecule has 0 saturated heterocycles. The highest BCUT2D eigenvalue weighted by Crippen LogP contribution is 2.33. The second-order valence-corrected chi connectivity index (χ2v) is 7.45. The third kappa shape index (κ3) is 4.32. The van der Waals surface area contributed by atoms with Crippen molar-refractivity contribution in [1.82, 2.24) is 0 Å². The van der Waals surface area contributed by atoms with Crippen molar-refractivity contribution >= 4 is 34.8 Å². The lowest BCUT2D eigenvalue weighted by atomic mass is 9.93. The van der Waals surface area contributed by atoms with Crippen LogP contribution in [-0.4, -0.2) is 33.2 Å². The molecular weight excluding hydrogens is 387 g/mol. The second kappa shape index (κ2) is 8.38. The van der Waals surface area contributed by atoms with E-state index in [1.165, 1.54) is 16.0 Å². The van der Waals surface area contributed by atoms with Crippen molar-refractivity contribution < 1.29 is 19.2 Å². The number of carbonyl (C=O) groups is 1. The summed E-state index contributed by atoms with van der Waals surface area (Å²) in [7, 11) is 3.27. The molecule has 2 aromatic carbocycles. The first-order valence-electron chi connectivity index (χ1n) is 8.77. The third-order valence-corrected chi connectivity index (χ3v) is 5.77. The Morgan fingerprint density at radius 3 is 2.52 bits per heavy atom. The molecule has 1 heterocycles. The molecule has 0 radical (unpaired) electrons. The van der Waals surface area contributed by atoms with Gasteiger partial charge in [0, 0.05) is 17.7 Å². The number of fused-ring (bicyclic) bond motifs is 1. The van der Waals surface area contributed by atoms with Crippen LogP contribution in [0.2, 0.25) is 10.0 Å². The van der Waals surface area contributed by atoms with Crippen LogP contribution >= 0.6 is 23.2 Å². The Bertz CT molecular complexity index is 857. The van der Waals surface area contributed by atoms with Gasteiger partial charge in [0.2, 0.25) is 0 Å². The van der Waals surface area contributed by atoms with Crippen LogP contribution in [0.1, 0.15) is 24.1 Å². The van der Waals surface area contributed by atoms with E-state index in [2.05, 4.69) is 12.2 Å². The normalized spacial score (nSPS) is 18.6. The van der Waals surface area contributed by atoms with E-state index in [0.717, 1.165) is 18.7 Å². The molecule has 0 bridgehead atoms. The number of anilines is 1. The number of amides is 1. The van der Waals surface area contributed by atoms with Crippen molar-refractivity contribution in [3.05, 3.63) is 51.5 Å². The van der Waals surface area contributed by atoms with Crippen LogP contribution in [0.4, 0.5) is 5.69 Å². The average Bonchev–Trinajstić information content (AvgIpc) is 2.66. The molecule has 1 aliphatic heterocycles. The van der Waals surface area contributed by atoms with Crippen molar-refractivity contribution in [1.29, 1.82) is 0 Å². The van der Waals surface area contributed by atoms with Crippen LogP contribution in [0.25, 0.3) is 0 Å². The number of hydrogen-bond donors (Lipinski definition) is 2. The molecule has 27 heavy (non-hydrogen) atoms. The minimum absolute atomic E-state index is 0.0563. The smallest absolute Gasteiger partial charge is 0.279 e. The number of halogens is 2. The summed E-state index contributed by atoms with van der Waals surface area (Å²) in [5.41, 5.74) is 3.08. The van der Waals surface area contributed by atoms with Gasteiger partial charge in [0.25, 0.3) is 5.91 Å². The predicted octanol–water partition coefficient (Wildman–Crippen LogP) is 3.15. The Balaban J connectivity index is 1.71. The van der Waals surface area contributed by atoms with Gasteiger partial charge in [-0.25, -0.2) is 0 Å². The van der Waals surface area contributed by atoms with Crippen molar-refractivity contribution in [2.75, 3.05) is 32.6 Å². The molecule has 2 aromatic rings. The summed E-state index contributed by atoms with van der Waals surface area (Å²) in [6, 6.07) is 9.31. The minimum Gasteiger partial charge on any atom is -0.493 e. The lowest BCUT2D eigenvalue weighted by Crippen LogP contribution is -3.14. The fraction of sp³-hybridized carbons (Fsp3) is 0.350. The van der Waals surface area contributed by atoms with E-state index >= 15 is 0 Å². The maximum atomic E-state index is 12.5. The highest BCUT2D eigenvalue weighted by atomic mass is 35.5. The highest BCUT2D eigenvalue weighted by Gasteiger charge is 2.30. The molecule has 0 aromatic heterocycles. The maximum Gasteiger partial charge on any atom is 0.279 e. The standard InChI is InChI=1S/C20H22Cl2N2O3/c1-12-15-10-19(27-3)18(26-2)8-13(15)6-7-24(12)11-20(25)23-14-4-5-16(21)17(22)9-14/h4-5,8-10,12H,6-7,11H2,1-3H3,(H,23,25)/p+1/t12-/m0/s1. The van der Waals surface area contributed by atoms with E-state index in [-0.39, 0.29) is 11.9 Å². The number of methoxy groups -OCH3 is 2. The summed E-state index contributed by atoms with van der Waals surface area (Å²) >= 11 is 11.9. The van der Waals surface area contributed by atoms with Gasteiger partial charge in [0.1, 0.15) is 6.04 Å². The molecule has 0 fully saturated rings. The van der Waals surface area contributed by atoms with E-state index in [4.69, 9.17) is 32.7 Å². The summed E-state index contributed by atoms with van der Waals surface area (Å²) in [5, 5.41) is 3.78. The lowest BCUT2D eigenvalue weighted by molar-refractivity contribution is -0.924. The number of hydrogen-bond acceptors (Lipinski definition) is 3. The van der Waals surface area contributed by atoms with E-state index in [1.54, 1.807) is 32.4 Å². The van der Waals surface area contributed by atoms with Crippen LogP contribution in [0.5, 0.6) is 11.5 Å². The molecule has 0 aliphatic carbocycles. The van der Waals surface area contributed by atoms with Crippen LogP contribution in [0.3, 0.4) is 0 Å². The third-order valence-electron chi connectivity index (χ3n) is 5.03. The zero-order valence-corrected chi connectivity index (χ0v) is 17.1. The molecule has 7 heteroatoms. The van der Waals surface area contributed by atoms with E-state index in [0.29, 0.717) is 28.0 Å². The largest absolute Gasteiger partial charge is 0.493 e. The van der Waals surface area contributed by atoms with Crippen molar-refractivity contribution in [3.8, 4) is 11.5 Å². The first kappa shape index (κ1) is 19.8. The van der Waals surface area contributed by atoms with Crippen LogP contribution in [0.15, 0.2) is 30.3 Å². The van der Waals surface area contributed by atoms with Crippen molar-refractivity contribution in [3.63, 3.8) is 0 Å². The Labute approximate surface area is 169 Å². The number of benzene rings is 2. The second-order valence-electron chi connectivity index (χ2n) is 6.64. The Morgan fingerprint density at radius 1 is 1.15 bits per heavy atom. The van der Waals surface area contributed by atoms with Crippen molar-refractivity contribution in [2.24, 2.45) is 0 Å². The van der Waals surface area contributed by atoms with Gasteiger partial charge in [0.15, 0.2) is 18.0 Å². The number of carbonyl (C=O) groups excluding carboxylic acids is 1. The lowest BCUT2D eigenvalue weighted by Gasteiger charge is -2.32. The van der Waals surface area contributed by atoms with E-state index in [1.807, 2.05) is 12.1 Å². The summed E-state index contributed by atoms with van der Waals surface area (Å²) in [4.78, 5) is 13.7. The number of nitrogens with one attached hydrogen (secondary N) is 2. The maximum absolute atomic E-state index is 12.5. The minimum atomic E-state index is -0.0563. The molecule has 1 amide bonds. The van der Waals surface area contributed by atoms with Crippen LogP contribution in [-0.2, 0) is 11.2 Å². The first-order valence-corrected chi connectivity index (χ1v) is 9.52. The fourth-order valence-corrected chi connectivity index (χ4v) is 3.81. The average molecular weight is 410 g/mol. The van der Waals surface area contributed by atoms with Gasteiger partial charge in [-0.1, -0.05) is 23.2 Å². The Hall–Kier alpha value is -1.95. The summed E-state index contributed by atoms with van der Waals surface area (Å²) in [6.45, 7) is 3.37. The fourth-order valence-electron chi connectivity index (χ4n) is 3.51. The molecule has 1 unspecified atom stereocenters. The van der Waals surface area contributed by atoms with Crippen LogP contribution < -0.4 is 19.7 Å². The molecule has 0 saturated carbocycles. The zero-order chi connectivity index (χ0) is 19.6. The molecule has 0 spiro atoms. The Morgan fingerprint density at radius 2 is 1.85 bits per heavy atom. The first-order chi connectivity index (χ1) is 12.9. The molecule has 5 nitrogen and oxygen atoms in total. The van der Waals surface area contributed by atoms with Gasteiger partial charge in [0.05, 0.1) is 30.8 Å². The number of ether oxygens (including phenoxy) is 2. The van der Waals surface area contributed by atoms with Gasteiger partial charge < -0.3 is 19.7 Å². The molecule has 144 valence electrons. The quantitative estimate of drug-likeness (QED) is 0.797. The highest BCUT2D eigenvalue weighted by molar-refractivity contribution is 6.42. The monoisotopic (exact) mass is 409 g/mol. The van der Waals surface area contributed by atoms with Gasteiger partial charge in [-0.2, -0.15) is 0 Å². The molecule has 2 N–H and O–H groups in total. The van der Waals surface area contributed by atoms with Crippen LogP contribution in [0, 0.1) is 0 Å². The van der Waals surface area contributed by atoms with Gasteiger partial charge >= 0.3 is 0 Å². The molecular formula is C20H23Cl2N2O3+. The van der Waals surface area contributed by atoms with Gasteiger partial charge in [-0.05, 0) is 42.8 Å². The SMILES string of the molecule is COc1cc2c(cc1OC)[C@H](C)[NH+](CC(=O)Nc1ccc(Cl)c(Cl)c1)CC2. The Kier molecular flexibility index (Phi) is 6.15. The number of rotatable bonds is 5. The molecule has 2 atom stereocenters. The predicted molar refractivity (Wildman–Crippen MR) is 107 cm³/mol. The number of quaternary nitrogens is 1. The summed E-state index contributed by atoms with van der Waals surface area (Å²) < 4.78 is 10.8. The van der Waals surface area contributed by atoms with E-state index in [9.17, 15) is 4.79 Å². The topological polar surface area (TPSA) is 52.0 Å². The molecule has 3 rings (SSSR count). The summed E-state index contributed by atoms with van der Waals surface area (Å²) in [6.07, 6.45) is 0.884.